The first-order valence-electron chi connectivity index (χ1n) is 6.08. The fourth-order valence-corrected chi connectivity index (χ4v) is 1.79. The van der Waals surface area contributed by atoms with Crippen LogP contribution in [0, 0.1) is 13.8 Å². The molecule has 19 heavy (non-hydrogen) atoms. The van der Waals surface area contributed by atoms with E-state index in [1.165, 1.54) is 6.33 Å². The highest BCUT2D eigenvalue weighted by Crippen LogP contribution is 2.20. The molecule has 0 radical (unpaired) electrons. The van der Waals surface area contributed by atoms with Crippen LogP contribution in [0.25, 0.3) is 0 Å². The maximum absolute atomic E-state index is 6.09. The highest BCUT2D eigenvalue weighted by atomic mass is 35.5. The Balaban J connectivity index is 1.84. The highest BCUT2D eigenvalue weighted by Gasteiger charge is 2.04. The molecule has 0 aliphatic heterocycles. The van der Waals surface area contributed by atoms with Crippen molar-refractivity contribution in [2.24, 2.45) is 0 Å². The van der Waals surface area contributed by atoms with E-state index < -0.39 is 0 Å². The molecule has 1 N–H and O–H groups in total. The van der Waals surface area contributed by atoms with Crippen LogP contribution in [0.5, 0.6) is 5.75 Å². The molecule has 1 heterocycles. The maximum Gasteiger partial charge on any atom is 0.148 e. The monoisotopic (exact) mass is 277 g/mol. The van der Waals surface area contributed by atoms with Crippen molar-refractivity contribution in [3.63, 3.8) is 0 Å². The van der Waals surface area contributed by atoms with Crippen LogP contribution in [0.15, 0.2) is 30.6 Å². The Morgan fingerprint density at radius 3 is 2.79 bits per heavy atom. The molecule has 100 valence electrons. The molecular formula is C14H16ClN3O. The first-order chi connectivity index (χ1) is 9.18. The average Bonchev–Trinajstić information content (AvgIpc) is 2.41. The summed E-state index contributed by atoms with van der Waals surface area (Å²) < 4.78 is 5.68. The topological polar surface area (TPSA) is 47.0 Å². The van der Waals surface area contributed by atoms with Gasteiger partial charge in [0, 0.05) is 0 Å². The van der Waals surface area contributed by atoms with Crippen LogP contribution in [0.4, 0.5) is 5.82 Å². The molecule has 0 saturated heterocycles. The van der Waals surface area contributed by atoms with Gasteiger partial charge in [-0.25, -0.2) is 9.97 Å². The van der Waals surface area contributed by atoms with Crippen molar-refractivity contribution in [3.05, 3.63) is 46.9 Å². The summed E-state index contributed by atoms with van der Waals surface area (Å²) in [5.41, 5.74) is 1.89. The molecule has 0 aliphatic carbocycles. The summed E-state index contributed by atoms with van der Waals surface area (Å²) in [5, 5.41) is 3.69. The van der Waals surface area contributed by atoms with Gasteiger partial charge in [0.1, 0.15) is 29.5 Å². The van der Waals surface area contributed by atoms with Crippen molar-refractivity contribution in [1.82, 2.24) is 9.97 Å². The van der Waals surface area contributed by atoms with E-state index in [0.29, 0.717) is 24.0 Å². The zero-order valence-electron chi connectivity index (χ0n) is 11.0. The highest BCUT2D eigenvalue weighted by molar-refractivity contribution is 6.33. The molecule has 0 fully saturated rings. The predicted molar refractivity (Wildman–Crippen MR) is 76.9 cm³/mol. The van der Waals surface area contributed by atoms with Crippen molar-refractivity contribution < 1.29 is 4.74 Å². The van der Waals surface area contributed by atoms with E-state index in [0.717, 1.165) is 17.0 Å². The third-order valence-corrected chi connectivity index (χ3v) is 3.16. The Morgan fingerprint density at radius 2 is 2.00 bits per heavy atom. The number of ether oxygens (including phenoxy) is 1. The Bertz CT molecular complexity index is 560. The number of hydrogen-bond acceptors (Lipinski definition) is 4. The van der Waals surface area contributed by atoms with Crippen LogP contribution in [0.1, 0.15) is 11.3 Å². The Morgan fingerprint density at radius 1 is 1.21 bits per heavy atom. The smallest absolute Gasteiger partial charge is 0.148 e. The number of halogens is 1. The normalized spacial score (nSPS) is 10.3. The second-order valence-corrected chi connectivity index (χ2v) is 4.54. The first-order valence-corrected chi connectivity index (χ1v) is 6.45. The second-order valence-electron chi connectivity index (χ2n) is 4.16. The zero-order chi connectivity index (χ0) is 13.7. The molecular weight excluding hydrogens is 262 g/mol. The van der Waals surface area contributed by atoms with Gasteiger partial charge in [0.05, 0.1) is 12.2 Å². The van der Waals surface area contributed by atoms with Crippen LogP contribution in [0.3, 0.4) is 0 Å². The van der Waals surface area contributed by atoms with E-state index in [1.54, 1.807) is 0 Å². The largest absolute Gasteiger partial charge is 0.491 e. The van der Waals surface area contributed by atoms with E-state index in [2.05, 4.69) is 15.3 Å². The average molecular weight is 278 g/mol. The van der Waals surface area contributed by atoms with Crippen molar-refractivity contribution in [3.8, 4) is 5.75 Å². The van der Waals surface area contributed by atoms with Crippen LogP contribution < -0.4 is 10.1 Å². The van der Waals surface area contributed by atoms with Gasteiger partial charge in [-0.3, -0.25) is 0 Å². The Labute approximate surface area is 117 Å². The number of aromatic nitrogens is 2. The minimum Gasteiger partial charge on any atom is -0.491 e. The lowest BCUT2D eigenvalue weighted by Crippen LogP contribution is -2.13. The van der Waals surface area contributed by atoms with Gasteiger partial charge in [-0.1, -0.05) is 29.8 Å². The molecule has 2 aromatic rings. The number of benzene rings is 1. The standard InChI is InChI=1S/C14H16ClN3O/c1-10-5-3-4-6-12(10)19-8-7-16-14-13(15)11(2)17-9-18-14/h3-6,9H,7-8H2,1-2H3,(H,16,17,18). The van der Waals surface area contributed by atoms with Gasteiger partial charge < -0.3 is 10.1 Å². The van der Waals surface area contributed by atoms with Crippen molar-refractivity contribution in [1.29, 1.82) is 0 Å². The van der Waals surface area contributed by atoms with Crippen LogP contribution in [0.2, 0.25) is 5.02 Å². The molecule has 0 bridgehead atoms. The lowest BCUT2D eigenvalue weighted by Gasteiger charge is -2.11. The summed E-state index contributed by atoms with van der Waals surface area (Å²) in [4.78, 5) is 8.10. The number of nitrogens with one attached hydrogen (secondary N) is 1. The van der Waals surface area contributed by atoms with Crippen molar-refractivity contribution in [2.75, 3.05) is 18.5 Å². The first kappa shape index (κ1) is 13.6. The van der Waals surface area contributed by atoms with Gasteiger partial charge in [-0.15, -0.1) is 0 Å². The molecule has 2 rings (SSSR count). The number of nitrogens with zero attached hydrogens (tertiary/aromatic N) is 2. The second kappa shape index (κ2) is 6.38. The van der Waals surface area contributed by atoms with Gasteiger partial charge in [-0.05, 0) is 25.5 Å². The molecule has 0 spiro atoms. The summed E-state index contributed by atoms with van der Waals surface area (Å²) in [6.07, 6.45) is 1.49. The summed E-state index contributed by atoms with van der Waals surface area (Å²) >= 11 is 6.09. The third kappa shape index (κ3) is 3.58. The van der Waals surface area contributed by atoms with Gasteiger partial charge in [0.15, 0.2) is 0 Å². The quantitative estimate of drug-likeness (QED) is 0.853. The SMILES string of the molecule is Cc1ccccc1OCCNc1ncnc(C)c1Cl. The van der Waals surface area contributed by atoms with Crippen LogP contribution in [-0.2, 0) is 0 Å². The number of anilines is 1. The van der Waals surface area contributed by atoms with E-state index in [9.17, 15) is 0 Å². The lowest BCUT2D eigenvalue weighted by molar-refractivity contribution is 0.330. The van der Waals surface area contributed by atoms with E-state index in [-0.39, 0.29) is 0 Å². The zero-order valence-corrected chi connectivity index (χ0v) is 11.7. The van der Waals surface area contributed by atoms with Crippen LogP contribution in [-0.4, -0.2) is 23.1 Å². The molecule has 1 aromatic carbocycles. The van der Waals surface area contributed by atoms with Crippen molar-refractivity contribution >= 4 is 17.4 Å². The number of hydrogen-bond donors (Lipinski definition) is 1. The molecule has 4 nitrogen and oxygen atoms in total. The predicted octanol–water partition coefficient (Wildman–Crippen LogP) is 3.24. The summed E-state index contributed by atoms with van der Waals surface area (Å²) in [6.45, 7) is 5.04. The Kier molecular flexibility index (Phi) is 4.58. The molecule has 0 aliphatic rings. The van der Waals surface area contributed by atoms with Crippen molar-refractivity contribution in [2.45, 2.75) is 13.8 Å². The Hall–Kier alpha value is -1.81. The molecule has 1 aromatic heterocycles. The molecule has 5 heteroatoms. The number of aryl methyl sites for hydroxylation is 2. The van der Waals surface area contributed by atoms with E-state index in [4.69, 9.17) is 16.3 Å². The third-order valence-electron chi connectivity index (χ3n) is 2.71. The van der Waals surface area contributed by atoms with E-state index >= 15 is 0 Å². The minimum atomic E-state index is 0.546. The summed E-state index contributed by atoms with van der Waals surface area (Å²) in [7, 11) is 0. The molecule has 0 amide bonds. The fraction of sp³-hybridized carbons (Fsp3) is 0.286. The number of rotatable bonds is 5. The van der Waals surface area contributed by atoms with Gasteiger partial charge in [-0.2, -0.15) is 0 Å². The summed E-state index contributed by atoms with van der Waals surface area (Å²) in [5.74, 6) is 1.54. The number of para-hydroxylation sites is 1. The fourth-order valence-electron chi connectivity index (χ4n) is 1.63. The molecule has 0 unspecified atom stereocenters. The van der Waals surface area contributed by atoms with Gasteiger partial charge in [0.25, 0.3) is 0 Å². The molecule has 0 atom stereocenters. The van der Waals surface area contributed by atoms with Gasteiger partial charge >= 0.3 is 0 Å². The maximum atomic E-state index is 6.09. The van der Waals surface area contributed by atoms with Gasteiger partial charge in [0.2, 0.25) is 0 Å². The van der Waals surface area contributed by atoms with E-state index in [1.807, 2.05) is 38.1 Å². The lowest BCUT2D eigenvalue weighted by atomic mass is 10.2. The van der Waals surface area contributed by atoms with Crippen LogP contribution >= 0.6 is 11.6 Å². The summed E-state index contributed by atoms with van der Waals surface area (Å²) in [6, 6.07) is 7.93. The molecule has 0 saturated carbocycles. The minimum absolute atomic E-state index is 0.546.